The van der Waals surface area contributed by atoms with Gasteiger partial charge in [0.25, 0.3) is 0 Å². The third-order valence-electron chi connectivity index (χ3n) is 8.28. The lowest BCUT2D eigenvalue weighted by molar-refractivity contribution is 0.0929. The predicted molar refractivity (Wildman–Crippen MR) is 128 cm³/mol. The quantitative estimate of drug-likeness (QED) is 0.359. The van der Waals surface area contributed by atoms with Crippen molar-refractivity contribution >= 4 is 27.6 Å². The van der Waals surface area contributed by atoms with E-state index in [0.29, 0.717) is 34.7 Å². The third kappa shape index (κ3) is 3.22. The van der Waals surface area contributed by atoms with Gasteiger partial charge >= 0.3 is 0 Å². The normalized spacial score (nSPS) is 24.6. The fourth-order valence-electron chi connectivity index (χ4n) is 6.16. The molecule has 4 nitrogen and oxygen atoms in total. The molecule has 3 fully saturated rings. The van der Waals surface area contributed by atoms with E-state index in [1.165, 1.54) is 31.7 Å². The summed E-state index contributed by atoms with van der Waals surface area (Å²) < 4.78 is 28.4. The van der Waals surface area contributed by atoms with Crippen LogP contribution in [0.15, 0.2) is 30.5 Å². The summed E-state index contributed by atoms with van der Waals surface area (Å²) in [6.07, 6.45) is 6.85. The van der Waals surface area contributed by atoms with Crippen LogP contribution in [-0.4, -0.2) is 21.0 Å². The molecular formula is C27H28F2N4. The predicted octanol–water partition coefficient (Wildman–Crippen LogP) is 6.91. The highest BCUT2D eigenvalue weighted by atomic mass is 19.1. The van der Waals surface area contributed by atoms with Crippen molar-refractivity contribution in [2.24, 2.45) is 17.8 Å². The number of fused-ring (bicyclic) bond motifs is 5. The summed E-state index contributed by atoms with van der Waals surface area (Å²) in [6.45, 7) is 6.50. The van der Waals surface area contributed by atoms with Crippen molar-refractivity contribution in [2.45, 2.75) is 52.5 Å². The van der Waals surface area contributed by atoms with Crippen LogP contribution in [0.1, 0.15) is 43.7 Å². The number of aromatic nitrogens is 3. The Morgan fingerprint density at radius 2 is 1.73 bits per heavy atom. The van der Waals surface area contributed by atoms with Crippen molar-refractivity contribution in [3.8, 4) is 11.4 Å². The molecule has 0 unspecified atom stereocenters. The first-order valence-corrected chi connectivity index (χ1v) is 11.9. The molecule has 6 heteroatoms. The van der Waals surface area contributed by atoms with Crippen molar-refractivity contribution in [1.29, 1.82) is 0 Å². The van der Waals surface area contributed by atoms with E-state index in [1.807, 2.05) is 0 Å². The minimum absolute atomic E-state index is 0.267. The molecule has 0 aliphatic heterocycles. The maximum absolute atomic E-state index is 14.3. The lowest BCUT2D eigenvalue weighted by atomic mass is 9.62. The topological polar surface area (TPSA) is 53.6 Å². The summed E-state index contributed by atoms with van der Waals surface area (Å²) in [7, 11) is 0. The highest BCUT2D eigenvalue weighted by Crippen LogP contribution is 2.46. The molecule has 3 aliphatic carbocycles. The molecule has 2 atom stereocenters. The zero-order chi connectivity index (χ0) is 22.9. The molecule has 2 bridgehead atoms. The van der Waals surface area contributed by atoms with Gasteiger partial charge in [0.1, 0.15) is 17.5 Å². The molecule has 2 heterocycles. The number of anilines is 1. The van der Waals surface area contributed by atoms with Gasteiger partial charge in [0.05, 0.1) is 11.0 Å². The molecular weight excluding hydrogens is 418 g/mol. The van der Waals surface area contributed by atoms with Crippen LogP contribution in [0.3, 0.4) is 0 Å². The number of hydrogen-bond donors (Lipinski definition) is 2. The van der Waals surface area contributed by atoms with E-state index in [9.17, 15) is 8.78 Å². The van der Waals surface area contributed by atoms with Gasteiger partial charge in [-0.2, -0.15) is 0 Å². The van der Waals surface area contributed by atoms with Crippen molar-refractivity contribution < 1.29 is 8.78 Å². The van der Waals surface area contributed by atoms with Crippen LogP contribution in [0.5, 0.6) is 0 Å². The van der Waals surface area contributed by atoms with Gasteiger partial charge in [0.15, 0.2) is 5.82 Å². The van der Waals surface area contributed by atoms with Gasteiger partial charge in [-0.1, -0.05) is 13.0 Å². The van der Waals surface area contributed by atoms with Gasteiger partial charge in [-0.15, -0.1) is 0 Å². The first-order chi connectivity index (χ1) is 15.9. The summed E-state index contributed by atoms with van der Waals surface area (Å²) in [5, 5.41) is 5.26. The van der Waals surface area contributed by atoms with Crippen LogP contribution in [0.25, 0.3) is 33.2 Å². The average Bonchev–Trinajstić information content (AvgIpc) is 3.23. The van der Waals surface area contributed by atoms with Crippen molar-refractivity contribution in [3.05, 3.63) is 53.2 Å². The Bertz CT molecular complexity index is 1380. The van der Waals surface area contributed by atoms with Crippen LogP contribution >= 0.6 is 0 Å². The van der Waals surface area contributed by atoms with Gasteiger partial charge in [-0.05, 0) is 80.5 Å². The maximum Gasteiger partial charge on any atom is 0.164 e. The molecule has 2 N–H and O–H groups in total. The highest BCUT2D eigenvalue weighted by Gasteiger charge is 2.41. The molecule has 0 radical (unpaired) electrons. The third-order valence-corrected chi connectivity index (χ3v) is 8.28. The number of hydrogen-bond acceptors (Lipinski definition) is 3. The molecule has 0 amide bonds. The standard InChI is InChI=1S/C27H28F2N4/c1-13-4-9-19-24(14(13)2)32-27(21-12-30-25-20(21)10-18(28)11-22(25)29)33-26(19)31-23-15(3)16-5-7-17(23)8-6-16/h4,9-12,15-17,23,30H,5-8H2,1-3H3,(H,31,32,33)/t15-,16?,17?,23+/m1/s1. The van der Waals surface area contributed by atoms with Crippen molar-refractivity contribution in [2.75, 3.05) is 5.32 Å². The Labute approximate surface area is 191 Å². The number of nitrogens with one attached hydrogen (secondary N) is 2. The second-order valence-corrected chi connectivity index (χ2v) is 10.0. The average molecular weight is 447 g/mol. The van der Waals surface area contributed by atoms with Gasteiger partial charge < -0.3 is 10.3 Å². The summed E-state index contributed by atoms with van der Waals surface area (Å²) in [5.41, 5.74) is 3.99. The van der Waals surface area contributed by atoms with Crippen molar-refractivity contribution in [3.63, 3.8) is 0 Å². The number of rotatable bonds is 3. The van der Waals surface area contributed by atoms with E-state index in [4.69, 9.17) is 9.97 Å². The Morgan fingerprint density at radius 3 is 2.48 bits per heavy atom. The van der Waals surface area contributed by atoms with Gasteiger partial charge in [-0.3, -0.25) is 0 Å². The van der Waals surface area contributed by atoms with Crippen molar-refractivity contribution in [1.82, 2.24) is 15.0 Å². The van der Waals surface area contributed by atoms with E-state index in [-0.39, 0.29) is 5.52 Å². The number of nitrogens with zero attached hydrogens (tertiary/aromatic N) is 2. The minimum Gasteiger partial charge on any atom is -0.366 e. The van der Waals surface area contributed by atoms with Crippen LogP contribution in [0.4, 0.5) is 14.6 Å². The summed E-state index contributed by atoms with van der Waals surface area (Å²) >= 11 is 0. The van der Waals surface area contributed by atoms with Crippen LogP contribution < -0.4 is 5.32 Å². The van der Waals surface area contributed by atoms with E-state index in [2.05, 4.69) is 43.2 Å². The molecule has 33 heavy (non-hydrogen) atoms. The van der Waals surface area contributed by atoms with Gasteiger partial charge in [0.2, 0.25) is 0 Å². The molecule has 2 aromatic carbocycles. The van der Waals surface area contributed by atoms with Crippen LogP contribution in [0, 0.1) is 43.2 Å². The van der Waals surface area contributed by atoms with E-state index in [1.54, 1.807) is 6.20 Å². The molecule has 3 saturated carbocycles. The Kier molecular flexibility index (Phi) is 4.68. The molecule has 2 aromatic heterocycles. The molecule has 4 aromatic rings. The van der Waals surface area contributed by atoms with Crippen LogP contribution in [0.2, 0.25) is 0 Å². The number of aromatic amines is 1. The minimum atomic E-state index is -0.616. The second kappa shape index (κ2) is 7.51. The van der Waals surface area contributed by atoms with E-state index in [0.717, 1.165) is 39.8 Å². The number of halogens is 2. The largest absolute Gasteiger partial charge is 0.366 e. The van der Waals surface area contributed by atoms with Gasteiger partial charge in [-0.25, -0.2) is 18.7 Å². The molecule has 3 aliphatic rings. The second-order valence-electron chi connectivity index (χ2n) is 10.0. The number of H-pyrrole nitrogens is 1. The lowest BCUT2D eigenvalue weighted by Gasteiger charge is -2.47. The monoisotopic (exact) mass is 446 g/mol. The summed E-state index contributed by atoms with van der Waals surface area (Å²) in [5.74, 6) is 2.07. The summed E-state index contributed by atoms with van der Waals surface area (Å²) in [4.78, 5) is 12.8. The Morgan fingerprint density at radius 1 is 0.970 bits per heavy atom. The highest BCUT2D eigenvalue weighted by molar-refractivity contribution is 5.98. The number of benzene rings is 2. The molecule has 170 valence electrons. The first kappa shape index (κ1) is 20.6. The number of aryl methyl sites for hydroxylation is 2. The molecule has 0 saturated heterocycles. The Balaban J connectivity index is 1.54. The Hall–Kier alpha value is -3.02. The SMILES string of the molecule is Cc1ccc2c(N[C@@H]3C4CCC(CC4)[C@H]3C)nc(-c3c[nH]c4c(F)cc(F)cc34)nc2c1C. The molecule has 0 spiro atoms. The fourth-order valence-corrected chi connectivity index (χ4v) is 6.16. The zero-order valence-electron chi connectivity index (χ0n) is 19.2. The summed E-state index contributed by atoms with van der Waals surface area (Å²) in [6, 6.07) is 6.81. The fraction of sp³-hybridized carbons (Fsp3) is 0.407. The smallest absolute Gasteiger partial charge is 0.164 e. The molecule has 7 rings (SSSR count). The van der Waals surface area contributed by atoms with Gasteiger partial charge in [0, 0.05) is 34.6 Å². The van der Waals surface area contributed by atoms with E-state index < -0.39 is 11.6 Å². The first-order valence-electron chi connectivity index (χ1n) is 11.9. The van der Waals surface area contributed by atoms with E-state index >= 15 is 0 Å². The maximum atomic E-state index is 14.3. The zero-order valence-corrected chi connectivity index (χ0v) is 19.2. The lowest BCUT2D eigenvalue weighted by Crippen LogP contribution is -2.47. The van der Waals surface area contributed by atoms with Crippen LogP contribution in [-0.2, 0) is 0 Å².